The summed E-state index contributed by atoms with van der Waals surface area (Å²) in [5, 5.41) is 23.3. The number of benzene rings is 4. The van der Waals surface area contributed by atoms with Crippen LogP contribution in [0.15, 0.2) is 117 Å². The van der Waals surface area contributed by atoms with E-state index >= 15 is 0 Å². The van der Waals surface area contributed by atoms with Gasteiger partial charge in [0.05, 0.1) is 0 Å². The standard InChI is InChI=1S/C32H22O3S2/c33-31(23-11-1-5-15-27(23)36-28-16-6-2-12-24(28)31)19-9-21-35-22-10-20-32(34)25-13-3-7-17-29(25)37-30-18-8-4-14-26(30)32/h1-8,11-18,33-34H,21-22H2. The van der Waals surface area contributed by atoms with Gasteiger partial charge in [0.2, 0.25) is 0 Å². The van der Waals surface area contributed by atoms with Gasteiger partial charge in [0.25, 0.3) is 0 Å². The Morgan fingerprint density at radius 1 is 0.514 bits per heavy atom. The van der Waals surface area contributed by atoms with Gasteiger partial charge in [-0.3, -0.25) is 0 Å². The molecule has 0 aromatic heterocycles. The van der Waals surface area contributed by atoms with Crippen LogP contribution in [0.3, 0.4) is 0 Å². The molecule has 0 aliphatic carbocycles. The lowest BCUT2D eigenvalue weighted by molar-refractivity contribution is 0.136. The van der Waals surface area contributed by atoms with Crippen molar-refractivity contribution in [2.45, 2.75) is 30.8 Å². The van der Waals surface area contributed by atoms with Crippen LogP contribution >= 0.6 is 23.5 Å². The maximum atomic E-state index is 11.7. The molecule has 2 aliphatic heterocycles. The van der Waals surface area contributed by atoms with E-state index < -0.39 is 11.2 Å². The van der Waals surface area contributed by atoms with Gasteiger partial charge in [-0.25, -0.2) is 0 Å². The maximum Gasteiger partial charge on any atom is 0.179 e. The second-order valence-electron chi connectivity index (χ2n) is 8.71. The zero-order valence-corrected chi connectivity index (χ0v) is 21.4. The van der Waals surface area contributed by atoms with Crippen LogP contribution in [0, 0.1) is 23.7 Å². The lowest BCUT2D eigenvalue weighted by Crippen LogP contribution is -2.29. The molecule has 180 valence electrons. The molecule has 0 atom stereocenters. The Morgan fingerprint density at radius 3 is 1.14 bits per heavy atom. The minimum absolute atomic E-state index is 0.107. The first-order valence-corrected chi connectivity index (χ1v) is 13.5. The fraction of sp³-hybridized carbons (Fsp3) is 0.125. The molecule has 0 radical (unpaired) electrons. The van der Waals surface area contributed by atoms with Crippen LogP contribution < -0.4 is 0 Å². The van der Waals surface area contributed by atoms with Crippen molar-refractivity contribution in [1.29, 1.82) is 0 Å². The highest BCUT2D eigenvalue weighted by Gasteiger charge is 2.38. The summed E-state index contributed by atoms with van der Waals surface area (Å²) in [5.74, 6) is 12.1. The average Bonchev–Trinajstić information content (AvgIpc) is 2.93. The number of hydrogen-bond acceptors (Lipinski definition) is 5. The van der Waals surface area contributed by atoms with Gasteiger partial charge >= 0.3 is 0 Å². The van der Waals surface area contributed by atoms with E-state index in [1.54, 1.807) is 23.5 Å². The van der Waals surface area contributed by atoms with Crippen LogP contribution in [-0.4, -0.2) is 23.4 Å². The number of hydrogen-bond donors (Lipinski definition) is 2. The third-order valence-corrected chi connectivity index (χ3v) is 8.74. The molecule has 2 N–H and O–H groups in total. The molecule has 0 fully saturated rings. The van der Waals surface area contributed by atoms with Gasteiger partial charge in [-0.05, 0) is 24.3 Å². The highest BCUT2D eigenvalue weighted by molar-refractivity contribution is 7.99. The monoisotopic (exact) mass is 518 g/mol. The quantitative estimate of drug-likeness (QED) is 0.259. The SMILES string of the molecule is OC1(C#CCOCC#CC2(O)c3ccccc3Sc3ccccc32)c2ccccc2Sc2ccccc21. The summed E-state index contributed by atoms with van der Waals surface area (Å²) in [6, 6.07) is 31.2. The molecule has 2 aliphatic rings. The van der Waals surface area contributed by atoms with E-state index in [9.17, 15) is 10.2 Å². The van der Waals surface area contributed by atoms with Crippen molar-refractivity contribution in [3.8, 4) is 23.7 Å². The lowest BCUT2D eigenvalue weighted by atomic mass is 9.86. The second kappa shape index (κ2) is 9.80. The highest BCUT2D eigenvalue weighted by atomic mass is 32.2. The first kappa shape index (κ1) is 23.9. The molecule has 0 saturated heterocycles. The molecule has 37 heavy (non-hydrogen) atoms. The molecule has 2 heterocycles. The van der Waals surface area contributed by atoms with Crippen molar-refractivity contribution in [2.24, 2.45) is 0 Å². The predicted molar refractivity (Wildman–Crippen MR) is 146 cm³/mol. The number of fused-ring (bicyclic) bond motifs is 4. The van der Waals surface area contributed by atoms with Gasteiger partial charge in [-0.2, -0.15) is 0 Å². The molecular formula is C32H22O3S2. The fourth-order valence-corrected chi connectivity index (χ4v) is 7.06. The first-order valence-electron chi connectivity index (χ1n) is 11.9. The van der Waals surface area contributed by atoms with E-state index in [0.29, 0.717) is 0 Å². The Kier molecular flexibility index (Phi) is 6.34. The zero-order valence-electron chi connectivity index (χ0n) is 19.8. The van der Waals surface area contributed by atoms with E-state index in [-0.39, 0.29) is 13.2 Å². The molecule has 0 bridgehead atoms. The summed E-state index contributed by atoms with van der Waals surface area (Å²) in [6.07, 6.45) is 0. The number of ether oxygens (including phenoxy) is 1. The third kappa shape index (κ3) is 4.26. The molecule has 4 aromatic rings. The molecule has 4 aromatic carbocycles. The summed E-state index contributed by atoms with van der Waals surface area (Å²) in [5.41, 5.74) is 0.300. The van der Waals surface area contributed by atoms with Crippen LogP contribution in [0.4, 0.5) is 0 Å². The van der Waals surface area contributed by atoms with Gasteiger partial charge in [-0.1, -0.05) is 120 Å². The van der Waals surface area contributed by atoms with Crippen molar-refractivity contribution in [3.05, 3.63) is 119 Å². The van der Waals surface area contributed by atoms with E-state index in [1.165, 1.54) is 0 Å². The smallest absolute Gasteiger partial charge is 0.179 e. The van der Waals surface area contributed by atoms with Crippen LogP contribution in [0.25, 0.3) is 0 Å². The largest absolute Gasteiger partial charge is 0.369 e. The van der Waals surface area contributed by atoms with Gasteiger partial charge < -0.3 is 14.9 Å². The summed E-state index contributed by atoms with van der Waals surface area (Å²) < 4.78 is 5.68. The molecule has 6 rings (SSSR count). The van der Waals surface area contributed by atoms with Crippen molar-refractivity contribution in [3.63, 3.8) is 0 Å². The number of rotatable bonds is 2. The van der Waals surface area contributed by atoms with Crippen molar-refractivity contribution in [2.75, 3.05) is 13.2 Å². The molecule has 3 nitrogen and oxygen atoms in total. The van der Waals surface area contributed by atoms with Crippen LogP contribution in [-0.2, 0) is 15.9 Å². The van der Waals surface area contributed by atoms with E-state index in [2.05, 4.69) is 23.7 Å². The Hall–Kier alpha value is -3.42. The van der Waals surface area contributed by atoms with Crippen LogP contribution in [0.5, 0.6) is 0 Å². The summed E-state index contributed by atoms with van der Waals surface area (Å²) in [7, 11) is 0. The molecule has 0 saturated carbocycles. The highest BCUT2D eigenvalue weighted by Crippen LogP contribution is 2.48. The van der Waals surface area contributed by atoms with Gasteiger partial charge in [0.1, 0.15) is 13.2 Å². The third-order valence-electron chi connectivity index (χ3n) is 6.43. The van der Waals surface area contributed by atoms with Gasteiger partial charge in [0.15, 0.2) is 11.2 Å². The van der Waals surface area contributed by atoms with E-state index in [1.807, 2.05) is 97.1 Å². The molecule has 0 amide bonds. The summed E-state index contributed by atoms with van der Waals surface area (Å²) >= 11 is 3.27. The zero-order chi connectivity index (χ0) is 25.3. The summed E-state index contributed by atoms with van der Waals surface area (Å²) in [4.78, 5) is 3.96. The van der Waals surface area contributed by atoms with Crippen LogP contribution in [0.1, 0.15) is 22.3 Å². The van der Waals surface area contributed by atoms with Crippen LogP contribution in [0.2, 0.25) is 0 Å². The normalized spacial score (nSPS) is 15.4. The molecule has 5 heteroatoms. The Balaban J connectivity index is 1.20. The molecular weight excluding hydrogens is 496 g/mol. The fourth-order valence-electron chi connectivity index (χ4n) is 4.70. The van der Waals surface area contributed by atoms with Crippen molar-refractivity contribution >= 4 is 23.5 Å². The maximum absolute atomic E-state index is 11.7. The Bertz CT molecular complexity index is 1410. The topological polar surface area (TPSA) is 49.7 Å². The van der Waals surface area contributed by atoms with Crippen molar-refractivity contribution in [1.82, 2.24) is 0 Å². The van der Waals surface area contributed by atoms with Gasteiger partial charge in [-0.15, -0.1) is 0 Å². The second-order valence-corrected chi connectivity index (χ2v) is 10.9. The first-order chi connectivity index (χ1) is 18.1. The van der Waals surface area contributed by atoms with E-state index in [4.69, 9.17) is 4.74 Å². The minimum Gasteiger partial charge on any atom is -0.369 e. The number of aliphatic hydroxyl groups is 2. The lowest BCUT2D eigenvalue weighted by Gasteiger charge is -2.32. The minimum atomic E-state index is -1.41. The molecule has 0 unspecified atom stereocenters. The van der Waals surface area contributed by atoms with E-state index in [0.717, 1.165) is 41.8 Å². The average molecular weight is 519 g/mol. The van der Waals surface area contributed by atoms with Crippen molar-refractivity contribution < 1.29 is 14.9 Å². The summed E-state index contributed by atoms with van der Waals surface area (Å²) in [6.45, 7) is 0.214. The molecule has 0 spiro atoms. The van der Waals surface area contributed by atoms with Gasteiger partial charge in [0, 0.05) is 41.8 Å². The Labute approximate surface area is 224 Å². The Morgan fingerprint density at radius 2 is 0.811 bits per heavy atom. The predicted octanol–water partition coefficient (Wildman–Crippen LogP) is 5.81.